The lowest BCUT2D eigenvalue weighted by Crippen LogP contribution is -2.21. The van der Waals surface area contributed by atoms with Crippen LogP contribution in [0.2, 0.25) is 0 Å². The highest BCUT2D eigenvalue weighted by Crippen LogP contribution is 2.36. The summed E-state index contributed by atoms with van der Waals surface area (Å²) in [7, 11) is 0. The molecule has 0 aliphatic carbocycles. The van der Waals surface area contributed by atoms with Crippen molar-refractivity contribution < 1.29 is 0 Å². The fourth-order valence-electron chi connectivity index (χ4n) is 5.71. The quantitative estimate of drug-likeness (QED) is 0.199. The zero-order valence-corrected chi connectivity index (χ0v) is 25.8. The van der Waals surface area contributed by atoms with Crippen molar-refractivity contribution in [2.75, 3.05) is 0 Å². The Morgan fingerprint density at radius 3 is 1.29 bits per heavy atom. The zero-order valence-electron chi connectivity index (χ0n) is 25.8. The molecule has 0 heterocycles. The van der Waals surface area contributed by atoms with Crippen LogP contribution in [-0.2, 0) is 22.7 Å². The van der Waals surface area contributed by atoms with Gasteiger partial charge in [0.05, 0.1) is 6.07 Å². The predicted octanol–water partition coefficient (Wildman–Crippen LogP) is 10.4. The molecular weight excluding hydrogens is 506 g/mol. The number of nitrogens with zero attached hydrogens (tertiary/aromatic N) is 1. The van der Waals surface area contributed by atoms with E-state index in [4.69, 9.17) is 0 Å². The van der Waals surface area contributed by atoms with Gasteiger partial charge in [0.1, 0.15) is 5.41 Å². The Hall–Kier alpha value is -4.41. The molecule has 1 nitrogen and oxygen atoms in total. The van der Waals surface area contributed by atoms with Gasteiger partial charge in [-0.15, -0.1) is 0 Å². The van der Waals surface area contributed by atoms with Crippen LogP contribution in [0.3, 0.4) is 0 Å². The first-order chi connectivity index (χ1) is 20.0. The first-order valence-electron chi connectivity index (χ1n) is 14.9. The SMILES string of the molecule is CC(C)(C)c1ccc(C(C)(C#N)c2ccc(-c3ccc(C(C)(C)c4ccc(Cc5ccccc5)cc4)cc3)cc2)cc1. The first kappa shape index (κ1) is 29.1. The highest BCUT2D eigenvalue weighted by atomic mass is 14.4. The van der Waals surface area contributed by atoms with E-state index >= 15 is 0 Å². The molecule has 5 aromatic carbocycles. The second kappa shape index (κ2) is 11.5. The monoisotopic (exact) mass is 547 g/mol. The van der Waals surface area contributed by atoms with Crippen molar-refractivity contribution in [3.05, 3.63) is 166 Å². The third kappa shape index (κ3) is 5.95. The Balaban J connectivity index is 1.32. The molecule has 1 unspecified atom stereocenters. The van der Waals surface area contributed by atoms with Gasteiger partial charge in [0.25, 0.3) is 0 Å². The lowest BCUT2D eigenvalue weighted by molar-refractivity contribution is 0.589. The maximum atomic E-state index is 10.2. The number of hydrogen-bond donors (Lipinski definition) is 0. The molecule has 0 amide bonds. The van der Waals surface area contributed by atoms with Crippen molar-refractivity contribution in [3.8, 4) is 17.2 Å². The molecular formula is C41H41N. The summed E-state index contributed by atoms with van der Waals surface area (Å²) in [5.41, 5.74) is 10.1. The lowest BCUT2D eigenvalue weighted by atomic mass is 9.76. The summed E-state index contributed by atoms with van der Waals surface area (Å²) < 4.78 is 0. The van der Waals surface area contributed by atoms with Gasteiger partial charge in [-0.1, -0.05) is 162 Å². The molecule has 1 heteroatoms. The van der Waals surface area contributed by atoms with Gasteiger partial charge in [0.15, 0.2) is 0 Å². The second-order valence-corrected chi connectivity index (χ2v) is 13.2. The standard InChI is InChI=1S/C41H41N/c1-39(2,3)34-24-26-38(27-25-34)41(6,29-42)37-22-16-33(17-23-37)32-14-20-36(21-15-32)40(4,5)35-18-12-31(13-19-35)28-30-10-8-7-9-11-30/h7-27H,28H2,1-6H3. The minimum absolute atomic E-state index is 0.0845. The van der Waals surface area contributed by atoms with Crippen LogP contribution in [-0.4, -0.2) is 0 Å². The number of rotatable bonds is 7. The van der Waals surface area contributed by atoms with E-state index in [0.29, 0.717) is 0 Å². The minimum Gasteiger partial charge on any atom is -0.197 e. The normalized spacial score (nSPS) is 13.3. The van der Waals surface area contributed by atoms with Crippen LogP contribution in [0.5, 0.6) is 0 Å². The molecule has 0 bridgehead atoms. The third-order valence-corrected chi connectivity index (χ3v) is 8.88. The summed E-state index contributed by atoms with van der Waals surface area (Å²) in [6, 6.07) is 48.2. The average molecular weight is 548 g/mol. The van der Waals surface area contributed by atoms with E-state index in [1.807, 2.05) is 6.92 Å². The summed E-state index contributed by atoms with van der Waals surface area (Å²) in [5.74, 6) is 0. The largest absolute Gasteiger partial charge is 0.197 e. The van der Waals surface area contributed by atoms with Gasteiger partial charge in [-0.25, -0.2) is 0 Å². The van der Waals surface area contributed by atoms with Crippen LogP contribution in [0.15, 0.2) is 127 Å². The molecule has 0 N–H and O–H groups in total. The highest BCUT2D eigenvalue weighted by Gasteiger charge is 2.29. The number of nitriles is 1. The molecule has 0 aromatic heterocycles. The predicted molar refractivity (Wildman–Crippen MR) is 177 cm³/mol. The lowest BCUT2D eigenvalue weighted by Gasteiger charge is -2.27. The molecule has 0 saturated carbocycles. The molecule has 0 aliphatic heterocycles. The van der Waals surface area contributed by atoms with Crippen LogP contribution in [0.25, 0.3) is 11.1 Å². The van der Waals surface area contributed by atoms with Crippen LogP contribution in [0.4, 0.5) is 0 Å². The van der Waals surface area contributed by atoms with Crippen molar-refractivity contribution in [2.24, 2.45) is 0 Å². The Labute approximate surface area is 252 Å². The van der Waals surface area contributed by atoms with E-state index in [1.54, 1.807) is 0 Å². The van der Waals surface area contributed by atoms with Gasteiger partial charge in [0.2, 0.25) is 0 Å². The molecule has 42 heavy (non-hydrogen) atoms. The smallest absolute Gasteiger partial charge is 0.104 e. The fourth-order valence-corrected chi connectivity index (χ4v) is 5.71. The van der Waals surface area contributed by atoms with Crippen molar-refractivity contribution >= 4 is 0 Å². The fraction of sp³-hybridized carbons (Fsp3) is 0.244. The molecule has 0 fully saturated rings. The third-order valence-electron chi connectivity index (χ3n) is 8.88. The summed E-state index contributed by atoms with van der Waals surface area (Å²) in [4.78, 5) is 0. The van der Waals surface area contributed by atoms with E-state index in [1.165, 1.54) is 33.4 Å². The van der Waals surface area contributed by atoms with Crippen molar-refractivity contribution in [1.82, 2.24) is 0 Å². The Kier molecular flexibility index (Phi) is 7.94. The molecule has 210 valence electrons. The number of hydrogen-bond acceptors (Lipinski definition) is 1. The summed E-state index contributed by atoms with van der Waals surface area (Å²) in [5, 5.41) is 10.2. The zero-order chi connectivity index (χ0) is 30.0. The van der Waals surface area contributed by atoms with Crippen LogP contribution in [0.1, 0.15) is 80.5 Å². The van der Waals surface area contributed by atoms with Crippen molar-refractivity contribution in [3.63, 3.8) is 0 Å². The molecule has 0 spiro atoms. The van der Waals surface area contributed by atoms with E-state index < -0.39 is 5.41 Å². The van der Waals surface area contributed by atoms with E-state index in [2.05, 4.69) is 168 Å². The summed E-state index contributed by atoms with van der Waals surface area (Å²) >= 11 is 0. The molecule has 0 aliphatic rings. The molecule has 0 saturated heterocycles. The Morgan fingerprint density at radius 1 is 0.452 bits per heavy atom. The van der Waals surface area contributed by atoms with E-state index in [0.717, 1.165) is 23.1 Å². The topological polar surface area (TPSA) is 23.8 Å². The van der Waals surface area contributed by atoms with Gasteiger partial charge >= 0.3 is 0 Å². The highest BCUT2D eigenvalue weighted by molar-refractivity contribution is 5.65. The maximum Gasteiger partial charge on any atom is 0.104 e. The molecule has 1 atom stereocenters. The van der Waals surface area contributed by atoms with Crippen LogP contribution in [0, 0.1) is 11.3 Å². The molecule has 5 rings (SSSR count). The maximum absolute atomic E-state index is 10.2. The Bertz CT molecular complexity index is 1660. The minimum atomic E-state index is -0.709. The van der Waals surface area contributed by atoms with Gasteiger partial charge in [-0.05, 0) is 68.8 Å². The van der Waals surface area contributed by atoms with Gasteiger partial charge in [-0.3, -0.25) is 0 Å². The van der Waals surface area contributed by atoms with E-state index in [-0.39, 0.29) is 10.8 Å². The number of benzene rings is 5. The molecule has 5 aromatic rings. The van der Waals surface area contributed by atoms with Crippen LogP contribution >= 0.6 is 0 Å². The van der Waals surface area contributed by atoms with Crippen molar-refractivity contribution in [2.45, 2.75) is 64.2 Å². The summed E-state index contributed by atoms with van der Waals surface area (Å²) in [6.07, 6.45) is 0.950. The molecule has 0 radical (unpaired) electrons. The Morgan fingerprint density at radius 2 is 0.833 bits per heavy atom. The summed E-state index contributed by atoms with van der Waals surface area (Å²) in [6.45, 7) is 13.2. The average Bonchev–Trinajstić information content (AvgIpc) is 3.01. The van der Waals surface area contributed by atoms with E-state index in [9.17, 15) is 5.26 Å². The van der Waals surface area contributed by atoms with Crippen molar-refractivity contribution in [1.29, 1.82) is 5.26 Å². The van der Waals surface area contributed by atoms with Gasteiger partial charge < -0.3 is 0 Å². The second-order valence-electron chi connectivity index (χ2n) is 13.2. The van der Waals surface area contributed by atoms with Gasteiger partial charge in [-0.2, -0.15) is 5.26 Å². The van der Waals surface area contributed by atoms with Gasteiger partial charge in [0, 0.05) is 5.41 Å². The van der Waals surface area contributed by atoms with Crippen LogP contribution < -0.4 is 0 Å². The first-order valence-corrected chi connectivity index (χ1v) is 14.9.